The monoisotopic (exact) mass is 314 g/mol. The normalized spacial score (nSPS) is 14.1. The van der Waals surface area contributed by atoms with E-state index in [9.17, 15) is 10.1 Å². The minimum Gasteiger partial charge on any atom is -0.434 e. The minimum absolute atomic E-state index is 0.0168. The topological polar surface area (TPSA) is 81.4 Å². The van der Waals surface area contributed by atoms with Crippen molar-refractivity contribution >= 4 is 11.5 Å². The van der Waals surface area contributed by atoms with Gasteiger partial charge in [-0.15, -0.1) is 0 Å². The highest BCUT2D eigenvalue weighted by atomic mass is 16.6. The average molecular weight is 314 g/mol. The fourth-order valence-corrected chi connectivity index (χ4v) is 2.85. The maximum atomic E-state index is 11.5. The van der Waals surface area contributed by atoms with E-state index in [1.165, 1.54) is 6.33 Å². The zero-order valence-corrected chi connectivity index (χ0v) is 13.2. The second kappa shape index (κ2) is 6.20. The fourth-order valence-electron chi connectivity index (χ4n) is 2.85. The van der Waals surface area contributed by atoms with E-state index in [4.69, 9.17) is 4.74 Å². The summed E-state index contributed by atoms with van der Waals surface area (Å²) in [5.74, 6) is 0.857. The first-order chi connectivity index (χ1) is 11.0. The summed E-state index contributed by atoms with van der Waals surface area (Å²) in [7, 11) is 0. The molecule has 0 spiro atoms. The van der Waals surface area contributed by atoms with Crippen molar-refractivity contribution in [1.82, 2.24) is 9.97 Å². The van der Waals surface area contributed by atoms with Crippen molar-refractivity contribution in [3.8, 4) is 11.6 Å². The van der Waals surface area contributed by atoms with Gasteiger partial charge in [0.25, 0.3) is 0 Å². The number of benzene rings is 1. The molecule has 1 aliphatic rings. The molecule has 1 saturated heterocycles. The van der Waals surface area contributed by atoms with E-state index < -0.39 is 4.92 Å². The molecule has 1 aliphatic heterocycles. The molecule has 7 nitrogen and oxygen atoms in total. The van der Waals surface area contributed by atoms with Gasteiger partial charge < -0.3 is 9.64 Å². The summed E-state index contributed by atoms with van der Waals surface area (Å²) in [6.45, 7) is 5.43. The molecule has 1 aromatic carbocycles. The molecule has 0 radical (unpaired) electrons. The Morgan fingerprint density at radius 1 is 1.13 bits per heavy atom. The van der Waals surface area contributed by atoms with Crippen LogP contribution in [-0.4, -0.2) is 28.0 Å². The minimum atomic E-state index is -0.467. The summed E-state index contributed by atoms with van der Waals surface area (Å²) in [6, 6.07) is 5.67. The number of aryl methyl sites for hydroxylation is 2. The quantitative estimate of drug-likeness (QED) is 0.635. The van der Waals surface area contributed by atoms with E-state index in [-0.39, 0.29) is 11.6 Å². The molecule has 1 fully saturated rings. The first kappa shape index (κ1) is 15.2. The van der Waals surface area contributed by atoms with Gasteiger partial charge in [0.2, 0.25) is 5.82 Å². The second-order valence-corrected chi connectivity index (χ2v) is 5.73. The highest BCUT2D eigenvalue weighted by molar-refractivity contribution is 5.63. The van der Waals surface area contributed by atoms with Gasteiger partial charge in [0.1, 0.15) is 12.1 Å². The molecule has 0 unspecified atom stereocenters. The largest absolute Gasteiger partial charge is 0.434 e. The molecule has 0 atom stereocenters. The summed E-state index contributed by atoms with van der Waals surface area (Å²) in [4.78, 5) is 21.1. The Labute approximate surface area is 134 Å². The molecule has 0 saturated carbocycles. The number of aromatic nitrogens is 2. The lowest BCUT2D eigenvalue weighted by Gasteiger charge is -2.16. The lowest BCUT2D eigenvalue weighted by Crippen LogP contribution is -2.20. The third kappa shape index (κ3) is 3.23. The van der Waals surface area contributed by atoms with Crippen molar-refractivity contribution in [1.29, 1.82) is 0 Å². The van der Waals surface area contributed by atoms with Crippen molar-refractivity contribution in [3.05, 3.63) is 45.8 Å². The zero-order chi connectivity index (χ0) is 16.4. The fraction of sp³-hybridized carbons (Fsp3) is 0.375. The predicted octanol–water partition coefficient (Wildman–Crippen LogP) is 3.39. The van der Waals surface area contributed by atoms with Gasteiger partial charge in [0.05, 0.1) is 4.92 Å². The molecule has 0 aliphatic carbocycles. The number of rotatable bonds is 4. The summed E-state index contributed by atoms with van der Waals surface area (Å²) >= 11 is 0. The molecular weight excluding hydrogens is 296 g/mol. The lowest BCUT2D eigenvalue weighted by atomic mass is 10.1. The summed E-state index contributed by atoms with van der Waals surface area (Å²) < 4.78 is 5.71. The van der Waals surface area contributed by atoms with Crippen LogP contribution in [0.1, 0.15) is 24.0 Å². The van der Waals surface area contributed by atoms with Crippen LogP contribution >= 0.6 is 0 Å². The van der Waals surface area contributed by atoms with Crippen LogP contribution in [0.2, 0.25) is 0 Å². The van der Waals surface area contributed by atoms with Gasteiger partial charge in [-0.1, -0.05) is 6.07 Å². The van der Waals surface area contributed by atoms with Crippen LogP contribution in [0.15, 0.2) is 24.5 Å². The van der Waals surface area contributed by atoms with Crippen molar-refractivity contribution in [2.24, 2.45) is 0 Å². The van der Waals surface area contributed by atoms with Gasteiger partial charge in [-0.05, 0) is 49.9 Å². The number of hydrogen-bond donors (Lipinski definition) is 0. The number of ether oxygens (including phenoxy) is 1. The van der Waals surface area contributed by atoms with Crippen LogP contribution in [0.3, 0.4) is 0 Å². The van der Waals surface area contributed by atoms with Gasteiger partial charge in [-0.3, -0.25) is 10.1 Å². The van der Waals surface area contributed by atoms with Gasteiger partial charge in [-0.25, -0.2) is 4.98 Å². The first-order valence-corrected chi connectivity index (χ1v) is 7.55. The Hall–Kier alpha value is -2.70. The maximum absolute atomic E-state index is 11.5. The number of nitro groups is 1. The molecule has 3 rings (SSSR count). The molecule has 1 aromatic heterocycles. The Morgan fingerprint density at radius 2 is 1.78 bits per heavy atom. The van der Waals surface area contributed by atoms with Crippen LogP contribution in [0.4, 0.5) is 11.5 Å². The molecule has 120 valence electrons. The molecule has 0 amide bonds. The van der Waals surface area contributed by atoms with Crippen LogP contribution < -0.4 is 9.64 Å². The first-order valence-electron chi connectivity index (χ1n) is 7.55. The summed E-state index contributed by atoms with van der Waals surface area (Å²) in [5.41, 5.74) is 1.88. The van der Waals surface area contributed by atoms with Crippen LogP contribution in [0.25, 0.3) is 0 Å². The molecule has 0 N–H and O–H groups in total. The highest BCUT2D eigenvalue weighted by Gasteiger charge is 2.30. The zero-order valence-electron chi connectivity index (χ0n) is 13.2. The van der Waals surface area contributed by atoms with E-state index in [0.29, 0.717) is 11.6 Å². The standard InChI is InChI=1S/C16H18N4O3/c1-11-7-12(2)9-13(8-11)23-16-14(20(21)22)15(17-10-18-16)19-5-3-4-6-19/h7-10H,3-6H2,1-2H3. The maximum Gasteiger partial charge on any atom is 0.373 e. The number of anilines is 1. The number of nitrogens with zero attached hydrogens (tertiary/aromatic N) is 4. The SMILES string of the molecule is Cc1cc(C)cc(Oc2ncnc(N3CCCC3)c2[N+](=O)[O-])c1. The van der Waals surface area contributed by atoms with Crippen molar-refractivity contribution in [2.75, 3.05) is 18.0 Å². The molecule has 23 heavy (non-hydrogen) atoms. The van der Waals surface area contributed by atoms with Crippen molar-refractivity contribution in [2.45, 2.75) is 26.7 Å². The smallest absolute Gasteiger partial charge is 0.373 e. The van der Waals surface area contributed by atoms with E-state index >= 15 is 0 Å². The Bertz CT molecular complexity index is 722. The average Bonchev–Trinajstić information content (AvgIpc) is 2.99. The number of hydrogen-bond acceptors (Lipinski definition) is 6. The van der Waals surface area contributed by atoms with E-state index in [0.717, 1.165) is 37.1 Å². The molecule has 7 heteroatoms. The Morgan fingerprint density at radius 3 is 2.39 bits per heavy atom. The third-order valence-electron chi connectivity index (χ3n) is 3.77. The lowest BCUT2D eigenvalue weighted by molar-refractivity contribution is -0.385. The van der Waals surface area contributed by atoms with Crippen molar-refractivity contribution in [3.63, 3.8) is 0 Å². The van der Waals surface area contributed by atoms with Crippen LogP contribution in [0, 0.1) is 24.0 Å². The van der Waals surface area contributed by atoms with Crippen LogP contribution in [0.5, 0.6) is 11.6 Å². The van der Waals surface area contributed by atoms with E-state index in [1.807, 2.05) is 36.9 Å². The summed E-state index contributed by atoms with van der Waals surface area (Å²) in [5, 5.41) is 11.5. The molecular formula is C16H18N4O3. The third-order valence-corrected chi connectivity index (χ3v) is 3.77. The van der Waals surface area contributed by atoms with Gasteiger partial charge >= 0.3 is 11.6 Å². The molecule has 2 heterocycles. The van der Waals surface area contributed by atoms with Crippen molar-refractivity contribution < 1.29 is 9.66 Å². The Kier molecular flexibility index (Phi) is 4.10. The highest BCUT2D eigenvalue weighted by Crippen LogP contribution is 2.37. The molecule has 2 aromatic rings. The summed E-state index contributed by atoms with van der Waals surface area (Å²) in [6.07, 6.45) is 3.33. The predicted molar refractivity (Wildman–Crippen MR) is 86.1 cm³/mol. The van der Waals surface area contributed by atoms with E-state index in [2.05, 4.69) is 9.97 Å². The second-order valence-electron chi connectivity index (χ2n) is 5.73. The van der Waals surface area contributed by atoms with Crippen LogP contribution in [-0.2, 0) is 0 Å². The van der Waals surface area contributed by atoms with Gasteiger partial charge in [0, 0.05) is 13.1 Å². The van der Waals surface area contributed by atoms with Gasteiger partial charge in [0.15, 0.2) is 0 Å². The Balaban J connectivity index is 2.01. The van der Waals surface area contributed by atoms with Gasteiger partial charge in [-0.2, -0.15) is 4.98 Å². The van der Waals surface area contributed by atoms with E-state index in [1.54, 1.807) is 0 Å². The molecule has 0 bridgehead atoms.